The van der Waals surface area contributed by atoms with Gasteiger partial charge in [0.05, 0.1) is 5.60 Å². The van der Waals surface area contributed by atoms with E-state index in [-0.39, 0.29) is 11.5 Å². The minimum atomic E-state index is -0.984. The number of methoxy groups -OCH3 is 1. The summed E-state index contributed by atoms with van der Waals surface area (Å²) >= 11 is 0. The molecule has 0 aliphatic carbocycles. The van der Waals surface area contributed by atoms with Gasteiger partial charge in [-0.3, -0.25) is 0 Å². The molecule has 12 heavy (non-hydrogen) atoms. The quantitative estimate of drug-likeness (QED) is 0.611. The maximum atomic E-state index is 10.4. The summed E-state index contributed by atoms with van der Waals surface area (Å²) in [4.78, 5) is 10.4. The second-order valence-corrected chi connectivity index (χ2v) is 3.72. The van der Waals surface area contributed by atoms with Crippen molar-refractivity contribution in [3.63, 3.8) is 0 Å². The normalized spacial score (nSPS) is 14.3. The number of rotatable bonds is 5. The lowest BCUT2D eigenvalue weighted by Crippen LogP contribution is -2.31. The molecule has 1 unspecified atom stereocenters. The Labute approximate surface area is 73.7 Å². The minimum Gasteiger partial charge on any atom is -0.550 e. The van der Waals surface area contributed by atoms with E-state index in [0.29, 0.717) is 6.42 Å². The molecule has 0 saturated carbocycles. The third-order valence-electron chi connectivity index (χ3n) is 2.13. The van der Waals surface area contributed by atoms with Crippen molar-refractivity contribution in [3.8, 4) is 0 Å². The molecule has 3 nitrogen and oxygen atoms in total. The Morgan fingerprint density at radius 3 is 2.42 bits per heavy atom. The predicted octanol–water partition coefficient (Wildman–Crippen LogP) is 0.578. The lowest BCUT2D eigenvalue weighted by Gasteiger charge is -2.24. The maximum Gasteiger partial charge on any atom is 0.0623 e. The summed E-state index contributed by atoms with van der Waals surface area (Å²) in [5, 5.41) is 10.4. The van der Waals surface area contributed by atoms with Crippen LogP contribution in [0.25, 0.3) is 0 Å². The average molecular weight is 173 g/mol. The first-order chi connectivity index (χ1) is 5.39. The van der Waals surface area contributed by atoms with Gasteiger partial charge in [-0.05, 0) is 32.6 Å². The Morgan fingerprint density at radius 2 is 2.08 bits per heavy atom. The molecule has 0 aliphatic rings. The number of ether oxygens (including phenoxy) is 1. The third-order valence-corrected chi connectivity index (χ3v) is 2.13. The van der Waals surface area contributed by atoms with Crippen molar-refractivity contribution < 1.29 is 14.6 Å². The Morgan fingerprint density at radius 1 is 1.58 bits per heavy atom. The zero-order valence-corrected chi connectivity index (χ0v) is 8.22. The van der Waals surface area contributed by atoms with Gasteiger partial charge in [0.15, 0.2) is 0 Å². The molecule has 3 heteroatoms. The number of hydrogen-bond acceptors (Lipinski definition) is 3. The van der Waals surface area contributed by atoms with Crippen LogP contribution < -0.4 is 5.11 Å². The Bertz CT molecular complexity index is 152. The molecule has 0 radical (unpaired) electrons. The molecule has 0 spiro atoms. The van der Waals surface area contributed by atoms with Crippen LogP contribution in [0.4, 0.5) is 0 Å². The van der Waals surface area contributed by atoms with Crippen LogP contribution in [0.5, 0.6) is 0 Å². The van der Waals surface area contributed by atoms with E-state index >= 15 is 0 Å². The SMILES string of the molecule is COC(C)(C)CCC(C)C(=O)[O-]. The van der Waals surface area contributed by atoms with Gasteiger partial charge in [0, 0.05) is 13.1 Å². The van der Waals surface area contributed by atoms with E-state index in [1.165, 1.54) is 0 Å². The van der Waals surface area contributed by atoms with Crippen molar-refractivity contribution in [1.82, 2.24) is 0 Å². The standard InChI is InChI=1S/C9H18O3/c1-7(8(10)11)5-6-9(2,3)12-4/h7H,5-6H2,1-4H3,(H,10,11)/p-1. The van der Waals surface area contributed by atoms with Crippen LogP contribution in [-0.4, -0.2) is 18.7 Å². The first kappa shape index (κ1) is 11.4. The smallest absolute Gasteiger partial charge is 0.0623 e. The number of carbonyl (C=O) groups is 1. The summed E-state index contributed by atoms with van der Waals surface area (Å²) in [6.07, 6.45) is 1.34. The molecule has 0 amide bonds. The minimum absolute atomic E-state index is 0.232. The Hall–Kier alpha value is -0.570. The topological polar surface area (TPSA) is 49.4 Å². The van der Waals surface area contributed by atoms with Gasteiger partial charge in [0.25, 0.3) is 0 Å². The van der Waals surface area contributed by atoms with Gasteiger partial charge in [-0.15, -0.1) is 0 Å². The predicted molar refractivity (Wildman–Crippen MR) is 44.5 cm³/mol. The molecule has 0 rings (SSSR count). The van der Waals surface area contributed by atoms with E-state index in [2.05, 4.69) is 0 Å². The van der Waals surface area contributed by atoms with Crippen molar-refractivity contribution in [2.75, 3.05) is 7.11 Å². The molecule has 0 saturated heterocycles. The highest BCUT2D eigenvalue weighted by Crippen LogP contribution is 2.18. The summed E-state index contributed by atoms with van der Waals surface area (Å²) in [7, 11) is 1.63. The Kier molecular flexibility index (Phi) is 4.24. The summed E-state index contributed by atoms with van der Waals surface area (Å²) < 4.78 is 5.15. The van der Waals surface area contributed by atoms with Crippen molar-refractivity contribution in [3.05, 3.63) is 0 Å². The largest absolute Gasteiger partial charge is 0.550 e. The van der Waals surface area contributed by atoms with Gasteiger partial charge < -0.3 is 14.6 Å². The van der Waals surface area contributed by atoms with E-state index in [4.69, 9.17) is 4.74 Å². The van der Waals surface area contributed by atoms with Crippen LogP contribution in [0.2, 0.25) is 0 Å². The van der Waals surface area contributed by atoms with Crippen LogP contribution >= 0.6 is 0 Å². The second-order valence-electron chi connectivity index (χ2n) is 3.72. The zero-order valence-electron chi connectivity index (χ0n) is 8.22. The monoisotopic (exact) mass is 173 g/mol. The number of hydrogen-bond donors (Lipinski definition) is 0. The van der Waals surface area contributed by atoms with E-state index in [1.807, 2.05) is 13.8 Å². The lowest BCUT2D eigenvalue weighted by atomic mass is 9.96. The summed E-state index contributed by atoms with van der Waals surface area (Å²) in [5.74, 6) is -1.37. The van der Waals surface area contributed by atoms with Gasteiger partial charge >= 0.3 is 0 Å². The van der Waals surface area contributed by atoms with Gasteiger partial charge in [-0.25, -0.2) is 0 Å². The van der Waals surface area contributed by atoms with Gasteiger partial charge in [0.2, 0.25) is 0 Å². The molecule has 72 valence electrons. The Balaban J connectivity index is 3.75. The molecule has 1 atom stereocenters. The first-order valence-corrected chi connectivity index (χ1v) is 4.15. The summed E-state index contributed by atoms with van der Waals surface area (Å²) in [5.41, 5.74) is -0.232. The van der Waals surface area contributed by atoms with Crippen LogP contribution in [0.15, 0.2) is 0 Å². The molecule has 0 heterocycles. The van der Waals surface area contributed by atoms with Crippen molar-refractivity contribution in [2.24, 2.45) is 5.92 Å². The number of carboxylic acid groups (broad SMARTS) is 1. The molecule has 0 aromatic rings. The fourth-order valence-corrected chi connectivity index (χ4v) is 0.784. The van der Waals surface area contributed by atoms with Crippen molar-refractivity contribution in [1.29, 1.82) is 0 Å². The fourth-order valence-electron chi connectivity index (χ4n) is 0.784. The summed E-state index contributed by atoms with van der Waals surface area (Å²) in [6.45, 7) is 5.53. The van der Waals surface area contributed by atoms with Crippen LogP contribution in [0.3, 0.4) is 0 Å². The van der Waals surface area contributed by atoms with E-state index in [1.54, 1.807) is 14.0 Å². The van der Waals surface area contributed by atoms with E-state index < -0.39 is 5.97 Å². The van der Waals surface area contributed by atoms with E-state index in [9.17, 15) is 9.90 Å². The van der Waals surface area contributed by atoms with Crippen molar-refractivity contribution >= 4 is 5.97 Å². The van der Waals surface area contributed by atoms with Crippen LogP contribution in [-0.2, 0) is 9.53 Å². The number of aliphatic carboxylic acids is 1. The van der Waals surface area contributed by atoms with Gasteiger partial charge in [0.1, 0.15) is 0 Å². The molecular formula is C9H17O3-. The molecule has 0 aliphatic heterocycles. The number of carbonyl (C=O) groups excluding carboxylic acids is 1. The maximum absolute atomic E-state index is 10.4. The van der Waals surface area contributed by atoms with Crippen molar-refractivity contribution in [2.45, 2.75) is 39.2 Å². The molecular weight excluding hydrogens is 156 g/mol. The first-order valence-electron chi connectivity index (χ1n) is 4.15. The highest BCUT2D eigenvalue weighted by atomic mass is 16.5. The highest BCUT2D eigenvalue weighted by molar-refractivity contribution is 5.66. The van der Waals surface area contributed by atoms with Gasteiger partial charge in [-0.1, -0.05) is 6.92 Å². The lowest BCUT2D eigenvalue weighted by molar-refractivity contribution is -0.311. The third kappa shape index (κ3) is 4.34. The molecule has 0 aromatic carbocycles. The van der Waals surface area contributed by atoms with Gasteiger partial charge in [-0.2, -0.15) is 0 Å². The van der Waals surface area contributed by atoms with Crippen LogP contribution in [0, 0.1) is 5.92 Å². The fraction of sp³-hybridized carbons (Fsp3) is 0.889. The average Bonchev–Trinajstić information content (AvgIpc) is 2.00. The zero-order chi connectivity index (χ0) is 9.78. The molecule has 0 fully saturated rings. The van der Waals surface area contributed by atoms with E-state index in [0.717, 1.165) is 6.42 Å². The summed E-state index contributed by atoms with van der Waals surface area (Å²) in [6, 6.07) is 0. The number of carboxylic acids is 1. The highest BCUT2D eigenvalue weighted by Gasteiger charge is 2.17. The second kappa shape index (κ2) is 4.45. The molecule has 0 N–H and O–H groups in total. The molecule has 0 aromatic heterocycles. The van der Waals surface area contributed by atoms with Crippen LogP contribution in [0.1, 0.15) is 33.6 Å². The molecule has 0 bridgehead atoms.